The van der Waals surface area contributed by atoms with Crippen LogP contribution in [0.5, 0.6) is 0 Å². The van der Waals surface area contributed by atoms with Crippen molar-refractivity contribution in [2.45, 2.75) is 26.8 Å². The number of carbonyl (C=O) groups is 1. The first-order chi connectivity index (χ1) is 13.1. The average molecular weight is 382 g/mol. The lowest BCUT2D eigenvalue weighted by Crippen LogP contribution is -2.28. The molecule has 0 bridgehead atoms. The predicted octanol–water partition coefficient (Wildman–Crippen LogP) is 4.47. The molecule has 0 unspecified atom stereocenters. The van der Waals surface area contributed by atoms with Crippen molar-refractivity contribution in [3.05, 3.63) is 75.7 Å². The summed E-state index contributed by atoms with van der Waals surface area (Å²) in [6.45, 7) is 6.49. The fourth-order valence-electron chi connectivity index (χ4n) is 3.26. The Morgan fingerprint density at radius 2 is 1.93 bits per heavy atom. The van der Waals surface area contributed by atoms with Crippen molar-refractivity contribution in [1.29, 1.82) is 0 Å². The van der Waals surface area contributed by atoms with E-state index in [1.807, 2.05) is 31.2 Å². The number of thiophene rings is 1. The summed E-state index contributed by atoms with van der Waals surface area (Å²) >= 11 is 1.74. The van der Waals surface area contributed by atoms with Gasteiger partial charge in [-0.15, -0.1) is 11.3 Å². The molecule has 1 amide bonds. The standard InChI is InChI=1S/C22H27N3OS/c1-17-15-21(18(2)25(17)16-20-11-7-14-27-20)22(26)23-12-8-13-24(3)19-9-5-4-6-10-19/h4-7,9-11,14-15H,8,12-13,16H2,1-3H3,(H,23,26). The van der Waals surface area contributed by atoms with Gasteiger partial charge in [0, 0.05) is 42.1 Å². The monoisotopic (exact) mass is 381 g/mol. The van der Waals surface area contributed by atoms with E-state index in [-0.39, 0.29) is 5.91 Å². The Morgan fingerprint density at radius 1 is 1.15 bits per heavy atom. The highest BCUT2D eigenvalue weighted by molar-refractivity contribution is 7.09. The molecule has 0 aliphatic heterocycles. The molecule has 3 aromatic rings. The maximum atomic E-state index is 12.6. The SMILES string of the molecule is Cc1cc(C(=O)NCCCN(C)c2ccccc2)c(C)n1Cc1cccs1. The lowest BCUT2D eigenvalue weighted by molar-refractivity contribution is 0.0952. The number of rotatable bonds is 8. The van der Waals surface area contributed by atoms with Crippen molar-refractivity contribution >= 4 is 22.9 Å². The zero-order valence-electron chi connectivity index (χ0n) is 16.2. The maximum absolute atomic E-state index is 12.6. The summed E-state index contributed by atoms with van der Waals surface area (Å²) in [5.41, 5.74) is 4.12. The lowest BCUT2D eigenvalue weighted by Gasteiger charge is -2.19. The summed E-state index contributed by atoms with van der Waals surface area (Å²) in [4.78, 5) is 16.1. The van der Waals surface area contributed by atoms with Crippen molar-refractivity contribution < 1.29 is 4.79 Å². The van der Waals surface area contributed by atoms with Gasteiger partial charge in [-0.2, -0.15) is 0 Å². The van der Waals surface area contributed by atoms with Crippen LogP contribution in [0, 0.1) is 13.8 Å². The van der Waals surface area contributed by atoms with Crippen molar-refractivity contribution in [2.24, 2.45) is 0 Å². The molecule has 0 aliphatic carbocycles. The van der Waals surface area contributed by atoms with E-state index in [1.54, 1.807) is 11.3 Å². The Balaban J connectivity index is 1.52. The molecule has 27 heavy (non-hydrogen) atoms. The van der Waals surface area contributed by atoms with Gasteiger partial charge in [0.15, 0.2) is 0 Å². The first-order valence-electron chi connectivity index (χ1n) is 9.29. The van der Waals surface area contributed by atoms with Crippen LogP contribution in [0.25, 0.3) is 0 Å². The zero-order valence-corrected chi connectivity index (χ0v) is 17.1. The fraction of sp³-hybridized carbons (Fsp3) is 0.318. The molecule has 0 radical (unpaired) electrons. The van der Waals surface area contributed by atoms with Crippen LogP contribution in [-0.2, 0) is 6.54 Å². The molecular weight excluding hydrogens is 354 g/mol. The summed E-state index contributed by atoms with van der Waals surface area (Å²) in [5, 5.41) is 5.16. The Labute approximate surface area is 165 Å². The van der Waals surface area contributed by atoms with Crippen molar-refractivity contribution in [3.63, 3.8) is 0 Å². The van der Waals surface area contributed by atoms with Gasteiger partial charge in [0.05, 0.1) is 12.1 Å². The molecule has 0 spiro atoms. The van der Waals surface area contributed by atoms with E-state index in [9.17, 15) is 4.79 Å². The number of para-hydroxylation sites is 1. The molecule has 5 heteroatoms. The van der Waals surface area contributed by atoms with Crippen molar-refractivity contribution in [2.75, 3.05) is 25.0 Å². The second kappa shape index (κ2) is 8.91. The van der Waals surface area contributed by atoms with Gasteiger partial charge in [0.25, 0.3) is 5.91 Å². The van der Waals surface area contributed by atoms with Gasteiger partial charge in [-0.25, -0.2) is 0 Å². The van der Waals surface area contributed by atoms with Gasteiger partial charge in [0.2, 0.25) is 0 Å². The molecule has 2 aromatic heterocycles. The van der Waals surface area contributed by atoms with Gasteiger partial charge in [-0.1, -0.05) is 24.3 Å². The largest absolute Gasteiger partial charge is 0.375 e. The van der Waals surface area contributed by atoms with Gasteiger partial charge < -0.3 is 14.8 Å². The van der Waals surface area contributed by atoms with Crippen LogP contribution in [0.2, 0.25) is 0 Å². The van der Waals surface area contributed by atoms with Crippen LogP contribution in [-0.4, -0.2) is 30.6 Å². The number of aryl methyl sites for hydroxylation is 1. The van der Waals surface area contributed by atoms with Crippen LogP contribution in [0.1, 0.15) is 33.0 Å². The summed E-state index contributed by atoms with van der Waals surface area (Å²) in [6.07, 6.45) is 0.908. The highest BCUT2D eigenvalue weighted by atomic mass is 32.1. The second-order valence-electron chi connectivity index (χ2n) is 6.82. The Kier molecular flexibility index (Phi) is 6.35. The first-order valence-corrected chi connectivity index (χ1v) is 10.2. The van der Waals surface area contributed by atoms with Crippen molar-refractivity contribution in [3.8, 4) is 0 Å². The number of benzene rings is 1. The first kappa shape index (κ1) is 19.2. The smallest absolute Gasteiger partial charge is 0.253 e. The Hall–Kier alpha value is -2.53. The minimum atomic E-state index is 0.0166. The summed E-state index contributed by atoms with van der Waals surface area (Å²) in [6, 6.07) is 16.5. The number of nitrogens with one attached hydrogen (secondary N) is 1. The number of hydrogen-bond acceptors (Lipinski definition) is 3. The average Bonchev–Trinajstić information content (AvgIpc) is 3.29. The number of anilines is 1. The molecule has 2 heterocycles. The Bertz CT molecular complexity index is 869. The van der Waals surface area contributed by atoms with Crippen LogP contribution >= 0.6 is 11.3 Å². The third-order valence-electron chi connectivity index (χ3n) is 4.87. The summed E-state index contributed by atoms with van der Waals surface area (Å²) in [5.74, 6) is 0.0166. The van der Waals surface area contributed by atoms with E-state index in [4.69, 9.17) is 0 Å². The van der Waals surface area contributed by atoms with Gasteiger partial charge in [0.1, 0.15) is 0 Å². The van der Waals surface area contributed by atoms with E-state index in [0.717, 1.165) is 36.5 Å². The minimum absolute atomic E-state index is 0.0166. The number of aromatic nitrogens is 1. The highest BCUT2D eigenvalue weighted by Crippen LogP contribution is 2.19. The molecule has 1 N–H and O–H groups in total. The van der Waals surface area contributed by atoms with Crippen molar-refractivity contribution in [1.82, 2.24) is 9.88 Å². The summed E-state index contributed by atoms with van der Waals surface area (Å²) < 4.78 is 2.21. The van der Waals surface area contributed by atoms with Gasteiger partial charge in [-0.3, -0.25) is 4.79 Å². The molecule has 4 nitrogen and oxygen atoms in total. The van der Waals surface area contributed by atoms with Crippen LogP contribution in [0.15, 0.2) is 53.9 Å². The highest BCUT2D eigenvalue weighted by Gasteiger charge is 2.15. The second-order valence-corrected chi connectivity index (χ2v) is 7.85. The molecule has 0 aliphatic rings. The predicted molar refractivity (Wildman–Crippen MR) is 114 cm³/mol. The Morgan fingerprint density at radius 3 is 2.63 bits per heavy atom. The topological polar surface area (TPSA) is 37.3 Å². The number of carbonyl (C=O) groups excluding carboxylic acids is 1. The van der Waals surface area contributed by atoms with E-state index in [1.165, 1.54) is 10.6 Å². The number of hydrogen-bond donors (Lipinski definition) is 1. The molecule has 0 atom stereocenters. The van der Waals surface area contributed by atoms with E-state index in [2.05, 4.69) is 58.4 Å². The van der Waals surface area contributed by atoms with Crippen LogP contribution < -0.4 is 10.2 Å². The third kappa shape index (κ3) is 4.80. The number of amides is 1. The molecular formula is C22H27N3OS. The van der Waals surface area contributed by atoms with E-state index in [0.29, 0.717) is 6.54 Å². The maximum Gasteiger partial charge on any atom is 0.253 e. The van der Waals surface area contributed by atoms with Gasteiger partial charge in [-0.05, 0) is 49.9 Å². The zero-order chi connectivity index (χ0) is 19.2. The van der Waals surface area contributed by atoms with Gasteiger partial charge >= 0.3 is 0 Å². The third-order valence-corrected chi connectivity index (χ3v) is 5.73. The number of nitrogens with zero attached hydrogens (tertiary/aromatic N) is 2. The normalized spacial score (nSPS) is 10.8. The molecule has 1 aromatic carbocycles. The minimum Gasteiger partial charge on any atom is -0.375 e. The molecule has 0 fully saturated rings. The van der Waals surface area contributed by atoms with E-state index < -0.39 is 0 Å². The van der Waals surface area contributed by atoms with Crippen LogP contribution in [0.4, 0.5) is 5.69 Å². The molecule has 3 rings (SSSR count). The molecule has 0 saturated carbocycles. The fourth-order valence-corrected chi connectivity index (χ4v) is 3.95. The quantitative estimate of drug-likeness (QED) is 0.585. The van der Waals surface area contributed by atoms with E-state index >= 15 is 0 Å². The van der Waals surface area contributed by atoms with Crippen LogP contribution in [0.3, 0.4) is 0 Å². The summed E-state index contributed by atoms with van der Waals surface area (Å²) in [7, 11) is 2.08. The molecule has 142 valence electrons. The lowest BCUT2D eigenvalue weighted by atomic mass is 10.2. The molecule has 0 saturated heterocycles.